The molecule has 3 aromatic heterocycles. The predicted molar refractivity (Wildman–Crippen MR) is 108 cm³/mol. The van der Waals surface area contributed by atoms with Crippen LogP contribution in [0.4, 0.5) is 0 Å². The molecule has 0 radical (unpaired) electrons. The van der Waals surface area contributed by atoms with Crippen molar-refractivity contribution in [1.82, 2.24) is 24.3 Å². The molecule has 0 bridgehead atoms. The first-order valence-corrected chi connectivity index (χ1v) is 10.00. The highest BCUT2D eigenvalue weighted by Crippen LogP contribution is 2.39. The van der Waals surface area contributed by atoms with Crippen LogP contribution >= 0.6 is 11.8 Å². The van der Waals surface area contributed by atoms with Crippen LogP contribution in [0, 0.1) is 0 Å². The molecule has 1 aliphatic carbocycles. The normalized spacial score (nSPS) is 14.2. The van der Waals surface area contributed by atoms with Crippen LogP contribution in [-0.2, 0) is 0 Å². The van der Waals surface area contributed by atoms with Crippen molar-refractivity contribution in [3.05, 3.63) is 48.7 Å². The second-order valence-corrected chi connectivity index (χ2v) is 7.56. The van der Waals surface area contributed by atoms with E-state index < -0.39 is 0 Å². The minimum Gasteiger partial charge on any atom is -0.342 e. The Bertz CT molecular complexity index is 1100. The molecule has 128 valence electrons. The molecular formula is C19H18BN5S. The van der Waals surface area contributed by atoms with Crippen LogP contribution in [0.1, 0.15) is 24.6 Å². The molecule has 7 heteroatoms. The summed E-state index contributed by atoms with van der Waals surface area (Å²) in [7, 11) is 2.02. The molecule has 0 unspecified atom stereocenters. The molecule has 26 heavy (non-hydrogen) atoms. The van der Waals surface area contributed by atoms with Gasteiger partial charge in [-0.2, -0.15) is 0 Å². The lowest BCUT2D eigenvalue weighted by Crippen LogP contribution is -2.12. The van der Waals surface area contributed by atoms with Crippen molar-refractivity contribution in [1.29, 1.82) is 0 Å². The number of imidazole rings is 2. The van der Waals surface area contributed by atoms with Gasteiger partial charge in [0.2, 0.25) is 0 Å². The molecule has 0 spiro atoms. The largest absolute Gasteiger partial charge is 0.342 e. The van der Waals surface area contributed by atoms with Gasteiger partial charge in [-0.1, -0.05) is 24.3 Å². The number of thioether (sulfide) groups is 1. The number of rotatable bonds is 4. The van der Waals surface area contributed by atoms with Gasteiger partial charge in [-0.3, -0.25) is 9.38 Å². The summed E-state index contributed by atoms with van der Waals surface area (Å²) in [4.78, 5) is 17.1. The molecule has 1 aliphatic rings. The van der Waals surface area contributed by atoms with Gasteiger partial charge in [0, 0.05) is 23.3 Å². The molecule has 0 amide bonds. The highest BCUT2D eigenvalue weighted by molar-refractivity contribution is 7.98. The minimum absolute atomic E-state index is 0.642. The van der Waals surface area contributed by atoms with Gasteiger partial charge in [-0.15, -0.1) is 11.8 Å². The van der Waals surface area contributed by atoms with E-state index in [4.69, 9.17) is 0 Å². The van der Waals surface area contributed by atoms with Gasteiger partial charge in [-0.05, 0) is 24.7 Å². The number of benzene rings is 1. The fraction of sp³-hybridized carbons (Fsp3) is 0.211. The average Bonchev–Trinajstić information content (AvgIpc) is 3.24. The monoisotopic (exact) mass is 359 g/mol. The average molecular weight is 359 g/mol. The summed E-state index contributed by atoms with van der Waals surface area (Å²) in [5, 5.41) is 0.956. The Labute approximate surface area is 156 Å². The number of hydrogen-bond donors (Lipinski definition) is 1. The molecule has 1 fully saturated rings. The molecule has 3 heterocycles. The van der Waals surface area contributed by atoms with Crippen molar-refractivity contribution in [2.45, 2.75) is 23.8 Å². The van der Waals surface area contributed by atoms with E-state index in [0.29, 0.717) is 5.92 Å². The van der Waals surface area contributed by atoms with Gasteiger partial charge in [0.25, 0.3) is 0 Å². The summed E-state index contributed by atoms with van der Waals surface area (Å²) in [6.07, 6.45) is 10.5. The highest BCUT2D eigenvalue weighted by Gasteiger charge is 2.26. The first kappa shape index (κ1) is 15.7. The number of aromatic nitrogens is 5. The van der Waals surface area contributed by atoms with E-state index in [-0.39, 0.29) is 0 Å². The quantitative estimate of drug-likeness (QED) is 0.450. The lowest BCUT2D eigenvalue weighted by atomic mass is 10.1. The Hall–Kier alpha value is -2.54. The zero-order chi connectivity index (χ0) is 17.7. The van der Waals surface area contributed by atoms with Crippen molar-refractivity contribution in [3.8, 4) is 22.5 Å². The van der Waals surface area contributed by atoms with Crippen LogP contribution in [0.25, 0.3) is 28.2 Å². The summed E-state index contributed by atoms with van der Waals surface area (Å²) in [6, 6.07) is 8.57. The van der Waals surface area contributed by atoms with Crippen molar-refractivity contribution in [2.24, 2.45) is 0 Å². The predicted octanol–water partition coefficient (Wildman–Crippen LogP) is 2.64. The second-order valence-electron chi connectivity index (χ2n) is 6.76. The fourth-order valence-corrected chi connectivity index (χ4v) is 3.86. The van der Waals surface area contributed by atoms with Crippen LogP contribution in [0.15, 0.2) is 47.9 Å². The maximum atomic E-state index is 4.58. The number of hydrogen-bond acceptors (Lipinski definition) is 4. The van der Waals surface area contributed by atoms with E-state index in [9.17, 15) is 0 Å². The van der Waals surface area contributed by atoms with Crippen LogP contribution < -0.4 is 5.59 Å². The maximum Gasteiger partial charge on any atom is 0.170 e. The van der Waals surface area contributed by atoms with E-state index in [1.165, 1.54) is 12.8 Å². The van der Waals surface area contributed by atoms with Crippen LogP contribution in [0.5, 0.6) is 0 Å². The summed E-state index contributed by atoms with van der Waals surface area (Å²) in [5.74, 6) is 1.77. The molecule has 1 aromatic carbocycles. The fourth-order valence-electron chi connectivity index (χ4n) is 3.29. The number of nitrogens with one attached hydrogen (secondary N) is 1. The molecular weight excluding hydrogens is 341 g/mol. The highest BCUT2D eigenvalue weighted by atomic mass is 32.2. The third-order valence-electron chi connectivity index (χ3n) is 4.83. The SMILES string of the molecule is Bc1cn2c(-c3ccc(-c4cnc(C5CC5)[nH]4)cc3)cnc2c(SC)n1. The molecule has 4 aromatic rings. The Morgan fingerprint density at radius 1 is 1.12 bits per heavy atom. The van der Waals surface area contributed by atoms with Crippen LogP contribution in [0.3, 0.4) is 0 Å². The smallest absolute Gasteiger partial charge is 0.170 e. The molecule has 5 rings (SSSR count). The Balaban J connectivity index is 1.52. The summed E-state index contributed by atoms with van der Waals surface area (Å²) >= 11 is 1.62. The maximum absolute atomic E-state index is 4.58. The number of fused-ring (bicyclic) bond motifs is 1. The Morgan fingerprint density at radius 3 is 2.62 bits per heavy atom. The lowest BCUT2D eigenvalue weighted by molar-refractivity contribution is 0.977. The lowest BCUT2D eigenvalue weighted by Gasteiger charge is -2.06. The van der Waals surface area contributed by atoms with E-state index in [2.05, 4.69) is 48.6 Å². The van der Waals surface area contributed by atoms with Crippen molar-refractivity contribution in [3.63, 3.8) is 0 Å². The van der Waals surface area contributed by atoms with Gasteiger partial charge in [-0.25, -0.2) is 9.97 Å². The van der Waals surface area contributed by atoms with Gasteiger partial charge in [0.1, 0.15) is 10.9 Å². The van der Waals surface area contributed by atoms with Crippen LogP contribution in [-0.4, -0.2) is 38.4 Å². The third kappa shape index (κ3) is 2.63. The van der Waals surface area contributed by atoms with E-state index in [1.54, 1.807) is 11.8 Å². The Morgan fingerprint density at radius 2 is 1.88 bits per heavy atom. The molecule has 1 N–H and O–H groups in total. The molecule has 1 saturated carbocycles. The van der Waals surface area contributed by atoms with E-state index in [1.807, 2.05) is 32.7 Å². The number of nitrogens with zero attached hydrogens (tertiary/aromatic N) is 4. The minimum atomic E-state index is 0.642. The summed E-state index contributed by atoms with van der Waals surface area (Å²) in [6.45, 7) is 0. The first-order chi connectivity index (χ1) is 12.7. The van der Waals surface area contributed by atoms with Crippen molar-refractivity contribution in [2.75, 3.05) is 6.26 Å². The molecule has 0 saturated heterocycles. The van der Waals surface area contributed by atoms with E-state index in [0.717, 1.165) is 44.6 Å². The van der Waals surface area contributed by atoms with Crippen molar-refractivity contribution >= 4 is 30.8 Å². The second kappa shape index (κ2) is 6.02. The van der Waals surface area contributed by atoms with Crippen molar-refractivity contribution < 1.29 is 0 Å². The topological polar surface area (TPSA) is 58.9 Å². The van der Waals surface area contributed by atoms with Gasteiger partial charge < -0.3 is 4.98 Å². The zero-order valence-electron chi connectivity index (χ0n) is 14.7. The van der Waals surface area contributed by atoms with Crippen LogP contribution in [0.2, 0.25) is 0 Å². The molecule has 0 atom stereocenters. The van der Waals surface area contributed by atoms with E-state index >= 15 is 0 Å². The first-order valence-electron chi connectivity index (χ1n) is 8.77. The molecule has 5 nitrogen and oxygen atoms in total. The van der Waals surface area contributed by atoms with Gasteiger partial charge in [0.15, 0.2) is 13.5 Å². The standard InChI is InChI=1S/C19H18BN5S/c1-26-19-18-22-9-15(25(18)10-16(20)24-19)12-4-2-11(3-5-12)14-8-21-17(23-14)13-6-7-13/h2-5,8-10,13H,6-7,20H2,1H3,(H,21,23). The van der Waals surface area contributed by atoms with Gasteiger partial charge >= 0.3 is 0 Å². The Kier molecular flexibility index (Phi) is 3.63. The summed E-state index contributed by atoms with van der Waals surface area (Å²) < 4.78 is 2.13. The van der Waals surface area contributed by atoms with Gasteiger partial charge in [0.05, 0.1) is 23.8 Å². The third-order valence-corrected chi connectivity index (χ3v) is 5.49. The number of H-pyrrole nitrogens is 1. The summed E-state index contributed by atoms with van der Waals surface area (Å²) in [5.41, 5.74) is 6.36. The molecule has 0 aliphatic heterocycles. The zero-order valence-corrected chi connectivity index (χ0v) is 15.5. The number of aromatic amines is 1.